The Balaban J connectivity index is 1.41. The van der Waals surface area contributed by atoms with Gasteiger partial charge in [0.15, 0.2) is 5.65 Å². The first-order valence-corrected chi connectivity index (χ1v) is 10.0. The van der Waals surface area contributed by atoms with E-state index in [1.165, 1.54) is 16.5 Å². The van der Waals surface area contributed by atoms with E-state index in [9.17, 15) is 19.2 Å². The number of aryl methyl sites for hydroxylation is 2. The fourth-order valence-electron chi connectivity index (χ4n) is 3.86. The fourth-order valence-corrected chi connectivity index (χ4v) is 3.86. The van der Waals surface area contributed by atoms with Gasteiger partial charge in [0.25, 0.3) is 5.56 Å². The highest BCUT2D eigenvalue weighted by Gasteiger charge is 2.36. The van der Waals surface area contributed by atoms with Gasteiger partial charge in [-0.15, -0.1) is 0 Å². The first kappa shape index (κ1) is 20.6. The number of hydrogen-bond donors (Lipinski definition) is 2. The minimum atomic E-state index is -0.554. The van der Waals surface area contributed by atoms with Crippen LogP contribution in [0.15, 0.2) is 26.1 Å². The highest BCUT2D eigenvalue weighted by Crippen LogP contribution is 2.22. The summed E-state index contributed by atoms with van der Waals surface area (Å²) in [5, 5.41) is 2.84. The number of H-pyrrole nitrogens is 1. The van der Waals surface area contributed by atoms with Crippen molar-refractivity contribution < 1.29 is 14.0 Å². The number of carbonyl (C=O) groups is 2. The molecule has 164 valence electrons. The van der Waals surface area contributed by atoms with E-state index in [0.717, 1.165) is 10.3 Å². The lowest BCUT2D eigenvalue weighted by atomic mass is 10.2. The Morgan fingerprint density at radius 2 is 2.03 bits per heavy atom. The fraction of sp³-hybridized carbons (Fsp3) is 0.450. The van der Waals surface area contributed by atoms with E-state index in [-0.39, 0.29) is 36.1 Å². The summed E-state index contributed by atoms with van der Waals surface area (Å²) in [4.78, 5) is 58.0. The molecule has 1 aliphatic heterocycles. The topological polar surface area (TPSA) is 135 Å². The number of furan rings is 1. The van der Waals surface area contributed by atoms with Gasteiger partial charge < -0.3 is 19.6 Å². The molecule has 3 aromatic heterocycles. The monoisotopic (exact) mass is 428 g/mol. The van der Waals surface area contributed by atoms with Gasteiger partial charge in [-0.3, -0.25) is 23.5 Å². The molecule has 1 saturated heterocycles. The Hall–Kier alpha value is -3.63. The number of fused-ring (bicyclic) bond motifs is 1. The van der Waals surface area contributed by atoms with Crippen LogP contribution in [-0.4, -0.2) is 48.4 Å². The van der Waals surface area contributed by atoms with Crippen LogP contribution in [0.3, 0.4) is 0 Å². The molecule has 11 heteroatoms. The van der Waals surface area contributed by atoms with Crippen molar-refractivity contribution in [1.29, 1.82) is 0 Å². The van der Waals surface area contributed by atoms with Crippen LogP contribution in [0.1, 0.15) is 30.2 Å². The van der Waals surface area contributed by atoms with Gasteiger partial charge in [-0.1, -0.05) is 0 Å². The van der Waals surface area contributed by atoms with E-state index in [4.69, 9.17) is 4.42 Å². The van der Waals surface area contributed by atoms with E-state index in [2.05, 4.69) is 15.3 Å². The Bertz CT molecular complexity index is 1280. The van der Waals surface area contributed by atoms with Crippen molar-refractivity contribution in [3.05, 3.63) is 50.3 Å². The minimum Gasteiger partial charge on any atom is -0.464 e. The molecule has 31 heavy (non-hydrogen) atoms. The average Bonchev–Trinajstić information content (AvgIpc) is 3.45. The SMILES string of the molecule is Cc1ccc(CN2C(=O)CCC2C(=O)NCCc2nc3c([nH]2)c(=O)n(C)c(=O)n3C)o1. The van der Waals surface area contributed by atoms with Crippen molar-refractivity contribution in [2.75, 3.05) is 6.54 Å². The van der Waals surface area contributed by atoms with Gasteiger partial charge in [-0.05, 0) is 25.5 Å². The normalized spacial score (nSPS) is 16.4. The maximum Gasteiger partial charge on any atom is 0.332 e. The van der Waals surface area contributed by atoms with Crippen molar-refractivity contribution in [2.24, 2.45) is 14.1 Å². The molecule has 4 heterocycles. The molecule has 1 atom stereocenters. The van der Waals surface area contributed by atoms with Crippen LogP contribution in [0.25, 0.3) is 11.2 Å². The highest BCUT2D eigenvalue weighted by molar-refractivity contribution is 5.90. The zero-order valence-corrected chi connectivity index (χ0v) is 17.6. The van der Waals surface area contributed by atoms with Crippen LogP contribution >= 0.6 is 0 Å². The molecule has 0 aromatic carbocycles. The van der Waals surface area contributed by atoms with E-state index < -0.39 is 17.3 Å². The van der Waals surface area contributed by atoms with Gasteiger partial charge in [0.1, 0.15) is 28.9 Å². The third-order valence-electron chi connectivity index (χ3n) is 5.56. The number of nitrogens with zero attached hydrogens (tertiary/aromatic N) is 4. The summed E-state index contributed by atoms with van der Waals surface area (Å²) in [5.74, 6) is 1.55. The third-order valence-corrected chi connectivity index (χ3v) is 5.56. The number of aromatic nitrogens is 4. The molecule has 2 N–H and O–H groups in total. The van der Waals surface area contributed by atoms with Crippen molar-refractivity contribution in [3.63, 3.8) is 0 Å². The first-order valence-electron chi connectivity index (χ1n) is 10.0. The Morgan fingerprint density at radius 1 is 1.26 bits per heavy atom. The molecule has 4 rings (SSSR count). The molecule has 1 fully saturated rings. The Kier molecular flexibility index (Phi) is 5.25. The zero-order valence-electron chi connectivity index (χ0n) is 17.6. The van der Waals surface area contributed by atoms with Crippen molar-refractivity contribution in [3.8, 4) is 0 Å². The summed E-state index contributed by atoms with van der Waals surface area (Å²) in [5.41, 5.74) is -0.390. The molecular formula is C20H24N6O5. The summed E-state index contributed by atoms with van der Waals surface area (Å²) < 4.78 is 7.85. The maximum atomic E-state index is 12.7. The van der Waals surface area contributed by atoms with Crippen LogP contribution in [0.2, 0.25) is 0 Å². The van der Waals surface area contributed by atoms with Crippen molar-refractivity contribution in [2.45, 2.75) is 38.8 Å². The summed E-state index contributed by atoms with van der Waals surface area (Å²) in [6.45, 7) is 2.35. The van der Waals surface area contributed by atoms with Crippen LogP contribution < -0.4 is 16.6 Å². The van der Waals surface area contributed by atoms with Gasteiger partial charge in [0.05, 0.1) is 6.54 Å². The Labute approximate surface area is 176 Å². The first-order chi connectivity index (χ1) is 14.8. The molecule has 1 unspecified atom stereocenters. The quantitative estimate of drug-likeness (QED) is 0.554. The van der Waals surface area contributed by atoms with Crippen LogP contribution in [0, 0.1) is 6.92 Å². The third kappa shape index (κ3) is 3.78. The van der Waals surface area contributed by atoms with Crippen LogP contribution in [0.4, 0.5) is 0 Å². The number of likely N-dealkylation sites (tertiary alicyclic amines) is 1. The highest BCUT2D eigenvalue weighted by atomic mass is 16.3. The molecule has 1 aliphatic rings. The number of amides is 2. The summed E-state index contributed by atoms with van der Waals surface area (Å²) in [6, 6.07) is 3.07. The van der Waals surface area contributed by atoms with Crippen LogP contribution in [0.5, 0.6) is 0 Å². The van der Waals surface area contributed by atoms with E-state index in [0.29, 0.717) is 30.8 Å². The van der Waals surface area contributed by atoms with E-state index in [1.807, 2.05) is 13.0 Å². The summed E-state index contributed by atoms with van der Waals surface area (Å²) >= 11 is 0. The van der Waals surface area contributed by atoms with Crippen molar-refractivity contribution in [1.82, 2.24) is 29.3 Å². The lowest BCUT2D eigenvalue weighted by Gasteiger charge is -2.23. The molecule has 0 aliphatic carbocycles. The molecule has 0 radical (unpaired) electrons. The van der Waals surface area contributed by atoms with Gasteiger partial charge in [-0.25, -0.2) is 9.78 Å². The molecule has 0 spiro atoms. The predicted molar refractivity (Wildman–Crippen MR) is 110 cm³/mol. The number of carbonyl (C=O) groups excluding carboxylic acids is 2. The largest absolute Gasteiger partial charge is 0.464 e. The van der Waals surface area contributed by atoms with Gasteiger partial charge in [-0.2, -0.15) is 0 Å². The average molecular weight is 428 g/mol. The van der Waals surface area contributed by atoms with Gasteiger partial charge in [0.2, 0.25) is 11.8 Å². The zero-order chi connectivity index (χ0) is 22.3. The summed E-state index contributed by atoms with van der Waals surface area (Å²) in [6.07, 6.45) is 1.11. The Morgan fingerprint density at radius 3 is 2.74 bits per heavy atom. The van der Waals surface area contributed by atoms with Crippen molar-refractivity contribution >= 4 is 23.0 Å². The minimum absolute atomic E-state index is 0.0803. The standard InChI is InChI=1S/C20H24N6O5/c1-11-4-5-12(31-11)10-26-13(6-7-15(26)27)18(28)21-9-8-14-22-16-17(23-14)24(2)20(30)25(3)19(16)29/h4-5,13H,6-10H2,1-3H3,(H,21,28)(H,22,23). The van der Waals surface area contributed by atoms with Gasteiger partial charge >= 0.3 is 5.69 Å². The number of imidazole rings is 1. The molecule has 0 bridgehead atoms. The van der Waals surface area contributed by atoms with Crippen LogP contribution in [-0.2, 0) is 36.6 Å². The second-order valence-corrected chi connectivity index (χ2v) is 7.72. The number of aromatic amines is 1. The molecule has 3 aromatic rings. The van der Waals surface area contributed by atoms with E-state index in [1.54, 1.807) is 13.1 Å². The molecule has 2 amide bonds. The number of hydrogen-bond acceptors (Lipinski definition) is 6. The predicted octanol–water partition coefficient (Wildman–Crippen LogP) is -0.288. The second-order valence-electron chi connectivity index (χ2n) is 7.72. The molecule has 0 saturated carbocycles. The van der Waals surface area contributed by atoms with Gasteiger partial charge in [0, 0.05) is 33.5 Å². The maximum absolute atomic E-state index is 12.7. The second kappa shape index (κ2) is 7.89. The van der Waals surface area contributed by atoms with E-state index >= 15 is 0 Å². The lowest BCUT2D eigenvalue weighted by molar-refractivity contribution is -0.136. The lowest BCUT2D eigenvalue weighted by Crippen LogP contribution is -2.44. The summed E-state index contributed by atoms with van der Waals surface area (Å²) in [7, 11) is 2.95. The molecular weight excluding hydrogens is 404 g/mol. The number of nitrogens with one attached hydrogen (secondary N) is 2. The smallest absolute Gasteiger partial charge is 0.332 e. The molecule has 11 nitrogen and oxygen atoms in total. The number of rotatable bonds is 6.